The highest BCUT2D eigenvalue weighted by atomic mass is 32.2. The first kappa shape index (κ1) is 25.4. The molecule has 6 heteroatoms. The molecule has 0 atom stereocenters. The summed E-state index contributed by atoms with van der Waals surface area (Å²) in [5.41, 5.74) is 1.32. The Kier molecular flexibility index (Phi) is 8.72. The third-order valence-electron chi connectivity index (χ3n) is 5.69. The fourth-order valence-corrected chi connectivity index (χ4v) is 9.30. The van der Waals surface area contributed by atoms with E-state index in [1.807, 2.05) is 78.2 Å². The van der Waals surface area contributed by atoms with E-state index >= 15 is 0 Å². The van der Waals surface area contributed by atoms with Gasteiger partial charge in [-0.3, -0.25) is 14.9 Å². The van der Waals surface area contributed by atoms with E-state index in [-0.39, 0.29) is 17.6 Å². The largest absolute Gasteiger partial charge is 0.468 e. The number of carbonyl (C=O) groups excluding carboxylic acids is 2. The van der Waals surface area contributed by atoms with Gasteiger partial charge in [-0.2, -0.15) is 0 Å². The molecule has 0 fully saturated rings. The van der Waals surface area contributed by atoms with Gasteiger partial charge in [0.15, 0.2) is 12.7 Å². The fraction of sp³-hybridized carbons (Fsp3) is 0.0667. The van der Waals surface area contributed by atoms with E-state index in [1.54, 1.807) is 12.1 Å². The third-order valence-corrected chi connectivity index (χ3v) is 10.9. The average Bonchev–Trinajstić information content (AvgIpc) is 2.95. The first-order valence-corrected chi connectivity index (χ1v) is 14.3. The Morgan fingerprint density at radius 2 is 1.14 bits per heavy atom. The van der Waals surface area contributed by atoms with Crippen molar-refractivity contribution in [1.82, 2.24) is 5.32 Å². The molecule has 0 bridgehead atoms. The normalized spacial score (nSPS) is 11.5. The van der Waals surface area contributed by atoms with Gasteiger partial charge in [0, 0.05) is 11.0 Å². The molecule has 0 saturated carbocycles. The lowest BCUT2D eigenvalue weighted by Crippen LogP contribution is -2.38. The van der Waals surface area contributed by atoms with Crippen LogP contribution in [0.25, 0.3) is 0 Å². The van der Waals surface area contributed by atoms with Crippen molar-refractivity contribution >= 4 is 46.8 Å². The van der Waals surface area contributed by atoms with Crippen molar-refractivity contribution in [2.45, 2.75) is 0 Å². The molecule has 0 aliphatic heterocycles. The van der Waals surface area contributed by atoms with E-state index in [1.165, 1.54) is 18.9 Å². The molecular formula is C30H27NO3PS+. The number of methoxy groups -OCH3 is 1. The standard InChI is InChI=1S/C30H26NO3PS/c1-34-29(32)23-36-22-28(31-30(33)24-14-6-2-7-15-24)35(25-16-8-3-9-17-25,26-18-10-4-11-19-26)27-20-12-5-13-21-27/h2-22H,23H2,1H3/p+1/b28-22+. The zero-order valence-electron chi connectivity index (χ0n) is 19.9. The van der Waals surface area contributed by atoms with E-state index in [0.717, 1.165) is 21.4 Å². The minimum absolute atomic E-state index is 0.138. The van der Waals surface area contributed by atoms with Crippen LogP contribution in [0.5, 0.6) is 0 Å². The van der Waals surface area contributed by atoms with Gasteiger partial charge in [0.1, 0.15) is 15.9 Å². The Balaban J connectivity index is 1.97. The SMILES string of the molecule is COC(=O)CS/C=C(\NC(=O)c1ccccc1)[P+](c1ccccc1)(c1ccccc1)c1ccccc1. The second kappa shape index (κ2) is 12.3. The predicted molar refractivity (Wildman–Crippen MR) is 152 cm³/mol. The summed E-state index contributed by atoms with van der Waals surface area (Å²) in [7, 11) is -1.18. The molecule has 0 unspecified atom stereocenters. The molecule has 4 rings (SSSR count). The molecule has 4 nitrogen and oxygen atoms in total. The lowest BCUT2D eigenvalue weighted by Gasteiger charge is -2.29. The van der Waals surface area contributed by atoms with Crippen LogP contribution in [-0.4, -0.2) is 24.7 Å². The van der Waals surface area contributed by atoms with E-state index in [4.69, 9.17) is 4.74 Å². The number of hydrogen-bond acceptors (Lipinski definition) is 4. The summed E-state index contributed by atoms with van der Waals surface area (Å²) in [5, 5.41) is 8.47. The second-order valence-corrected chi connectivity index (χ2v) is 12.1. The average molecular weight is 513 g/mol. The lowest BCUT2D eigenvalue weighted by molar-refractivity contribution is -0.137. The molecule has 0 aromatic heterocycles. The van der Waals surface area contributed by atoms with Gasteiger partial charge >= 0.3 is 5.97 Å². The first-order chi connectivity index (χ1) is 17.7. The first-order valence-electron chi connectivity index (χ1n) is 11.5. The number of esters is 1. The number of carbonyl (C=O) groups is 2. The molecule has 1 N–H and O–H groups in total. The molecular weight excluding hydrogens is 485 g/mol. The number of nitrogens with one attached hydrogen (secondary N) is 1. The van der Waals surface area contributed by atoms with E-state index < -0.39 is 7.26 Å². The number of ether oxygens (including phenoxy) is 1. The number of rotatable bonds is 9. The molecule has 0 heterocycles. The Labute approximate surface area is 216 Å². The van der Waals surface area contributed by atoms with Crippen LogP contribution in [-0.2, 0) is 9.53 Å². The number of thioether (sulfide) groups is 1. The third kappa shape index (κ3) is 5.59. The Bertz CT molecular complexity index is 1220. The van der Waals surface area contributed by atoms with Gasteiger partial charge in [-0.05, 0) is 48.5 Å². The maximum atomic E-state index is 13.5. The molecule has 4 aromatic rings. The highest BCUT2D eigenvalue weighted by Crippen LogP contribution is 2.61. The van der Waals surface area contributed by atoms with Crippen LogP contribution in [0.2, 0.25) is 0 Å². The molecule has 1 amide bonds. The number of benzene rings is 4. The van der Waals surface area contributed by atoms with Gasteiger partial charge in [0.05, 0.1) is 12.9 Å². The highest BCUT2D eigenvalue weighted by molar-refractivity contribution is 8.04. The van der Waals surface area contributed by atoms with Crippen LogP contribution >= 0.6 is 19.0 Å². The zero-order valence-corrected chi connectivity index (χ0v) is 21.6. The van der Waals surface area contributed by atoms with Crippen LogP contribution in [0.4, 0.5) is 0 Å². The molecule has 0 radical (unpaired) electrons. The van der Waals surface area contributed by atoms with Crippen molar-refractivity contribution in [3.8, 4) is 0 Å². The van der Waals surface area contributed by atoms with Crippen molar-refractivity contribution in [3.05, 3.63) is 138 Å². The smallest absolute Gasteiger partial charge is 0.315 e. The van der Waals surface area contributed by atoms with Crippen molar-refractivity contribution in [2.24, 2.45) is 0 Å². The van der Waals surface area contributed by atoms with E-state index in [0.29, 0.717) is 5.56 Å². The van der Waals surface area contributed by atoms with Crippen molar-refractivity contribution in [2.75, 3.05) is 12.9 Å². The predicted octanol–water partition coefficient (Wildman–Crippen LogP) is 5.12. The van der Waals surface area contributed by atoms with Gasteiger partial charge in [-0.25, -0.2) is 0 Å². The fourth-order valence-electron chi connectivity index (χ4n) is 4.04. The Morgan fingerprint density at radius 1 is 0.722 bits per heavy atom. The second-order valence-electron chi connectivity index (χ2n) is 7.89. The molecule has 4 aromatic carbocycles. The van der Waals surface area contributed by atoms with Crippen molar-refractivity contribution < 1.29 is 14.3 Å². The lowest BCUT2D eigenvalue weighted by atomic mass is 10.2. The topological polar surface area (TPSA) is 55.4 Å². The molecule has 0 aliphatic carbocycles. The molecule has 0 spiro atoms. The van der Waals surface area contributed by atoms with Crippen LogP contribution in [0.3, 0.4) is 0 Å². The van der Waals surface area contributed by atoms with Gasteiger partial charge in [0.2, 0.25) is 0 Å². The molecule has 36 heavy (non-hydrogen) atoms. The van der Waals surface area contributed by atoms with E-state index in [9.17, 15) is 9.59 Å². The van der Waals surface area contributed by atoms with E-state index in [2.05, 4.69) is 41.7 Å². The summed E-state index contributed by atoms with van der Waals surface area (Å²) in [5.74, 6) is -0.389. The summed E-state index contributed by atoms with van der Waals surface area (Å²) in [6, 6.07) is 39.9. The maximum absolute atomic E-state index is 13.5. The summed E-state index contributed by atoms with van der Waals surface area (Å²) in [4.78, 5) is 25.5. The number of amides is 1. The van der Waals surface area contributed by atoms with Gasteiger partial charge in [0.25, 0.3) is 5.91 Å². The Morgan fingerprint density at radius 3 is 1.56 bits per heavy atom. The summed E-state index contributed by atoms with van der Waals surface area (Å²) >= 11 is 1.32. The highest BCUT2D eigenvalue weighted by Gasteiger charge is 2.50. The molecule has 180 valence electrons. The maximum Gasteiger partial charge on any atom is 0.315 e. The zero-order chi connectivity index (χ0) is 25.2. The van der Waals surface area contributed by atoms with Crippen molar-refractivity contribution in [1.29, 1.82) is 0 Å². The minimum Gasteiger partial charge on any atom is -0.468 e. The van der Waals surface area contributed by atoms with Crippen LogP contribution in [0.15, 0.2) is 132 Å². The molecule has 0 saturated heterocycles. The van der Waals surface area contributed by atoms with Crippen molar-refractivity contribution in [3.63, 3.8) is 0 Å². The minimum atomic E-state index is -2.55. The summed E-state index contributed by atoms with van der Waals surface area (Å²) < 4.78 is 4.85. The van der Waals surface area contributed by atoms with Crippen LogP contribution in [0, 0.1) is 0 Å². The Hall–Kier alpha value is -3.66. The summed E-state index contributed by atoms with van der Waals surface area (Å²) in [6.45, 7) is 0. The monoisotopic (exact) mass is 512 g/mol. The van der Waals surface area contributed by atoms with Gasteiger partial charge in [-0.1, -0.05) is 72.8 Å². The van der Waals surface area contributed by atoms with Gasteiger partial charge < -0.3 is 4.74 Å². The quantitative estimate of drug-likeness (QED) is 0.250. The van der Waals surface area contributed by atoms with Crippen LogP contribution < -0.4 is 21.2 Å². The van der Waals surface area contributed by atoms with Gasteiger partial charge in [-0.15, -0.1) is 11.8 Å². The number of hydrogen-bond donors (Lipinski definition) is 1. The summed E-state index contributed by atoms with van der Waals surface area (Å²) in [6.07, 6.45) is 0. The van der Waals surface area contributed by atoms with Crippen LogP contribution in [0.1, 0.15) is 10.4 Å². The molecule has 0 aliphatic rings.